The summed E-state index contributed by atoms with van der Waals surface area (Å²) in [7, 11) is 0. The summed E-state index contributed by atoms with van der Waals surface area (Å²) >= 11 is 2.28. The molecule has 0 spiro atoms. The molecule has 0 aromatic heterocycles. The van der Waals surface area contributed by atoms with Crippen molar-refractivity contribution in [2.24, 2.45) is 0 Å². The van der Waals surface area contributed by atoms with E-state index in [1.54, 1.807) is 0 Å². The summed E-state index contributed by atoms with van der Waals surface area (Å²) in [5.41, 5.74) is 1.16. The molecule has 0 fully saturated rings. The minimum atomic E-state index is 0.0435. The van der Waals surface area contributed by atoms with Gasteiger partial charge in [0.25, 0.3) is 0 Å². The summed E-state index contributed by atoms with van der Waals surface area (Å²) in [5.74, 6) is 2.73. The molecule has 0 aliphatic rings. The van der Waals surface area contributed by atoms with Crippen molar-refractivity contribution in [1.29, 1.82) is 0 Å². The van der Waals surface area contributed by atoms with Gasteiger partial charge in [-0.3, -0.25) is 0 Å². The minimum absolute atomic E-state index is 0.0435. The topological polar surface area (TPSA) is 12.0 Å². The van der Waals surface area contributed by atoms with Crippen LogP contribution in [0.25, 0.3) is 0 Å². The standard InChI is InChI=1S/C11H12IN/c1-3-11(13-4-2)9-5-7-10(12)8-6-9/h1,5-8,11,13H,4H2,2H3. The van der Waals surface area contributed by atoms with Gasteiger partial charge >= 0.3 is 0 Å². The van der Waals surface area contributed by atoms with Crippen molar-refractivity contribution >= 4 is 22.6 Å². The second kappa shape index (κ2) is 5.25. The Hall–Kier alpha value is -0.530. The van der Waals surface area contributed by atoms with E-state index in [-0.39, 0.29) is 6.04 Å². The molecule has 1 N–H and O–H groups in total. The van der Waals surface area contributed by atoms with E-state index in [1.165, 1.54) is 3.57 Å². The lowest BCUT2D eigenvalue weighted by atomic mass is 10.1. The maximum absolute atomic E-state index is 5.41. The molecule has 68 valence electrons. The fourth-order valence-electron chi connectivity index (χ4n) is 1.13. The van der Waals surface area contributed by atoms with Gasteiger partial charge in [0.05, 0.1) is 6.04 Å². The fraction of sp³-hybridized carbons (Fsp3) is 0.273. The van der Waals surface area contributed by atoms with Crippen molar-refractivity contribution in [3.63, 3.8) is 0 Å². The van der Waals surface area contributed by atoms with Crippen LogP contribution in [0.3, 0.4) is 0 Å². The Balaban J connectivity index is 2.81. The zero-order valence-electron chi connectivity index (χ0n) is 7.55. The predicted octanol–water partition coefficient (Wildman–Crippen LogP) is 2.58. The first kappa shape index (κ1) is 10.6. The van der Waals surface area contributed by atoms with E-state index in [2.05, 4.69) is 65.0 Å². The third-order valence-electron chi connectivity index (χ3n) is 1.78. The second-order valence-electron chi connectivity index (χ2n) is 2.71. The zero-order valence-corrected chi connectivity index (χ0v) is 9.71. The number of benzene rings is 1. The lowest BCUT2D eigenvalue weighted by Gasteiger charge is -2.11. The Morgan fingerprint density at radius 2 is 2.08 bits per heavy atom. The predicted molar refractivity (Wildman–Crippen MR) is 64.4 cm³/mol. The van der Waals surface area contributed by atoms with Crippen LogP contribution >= 0.6 is 22.6 Å². The molecule has 0 aliphatic heterocycles. The zero-order chi connectivity index (χ0) is 9.68. The molecule has 13 heavy (non-hydrogen) atoms. The third-order valence-corrected chi connectivity index (χ3v) is 2.50. The average molecular weight is 285 g/mol. The normalized spacial score (nSPS) is 12.1. The van der Waals surface area contributed by atoms with Crippen molar-refractivity contribution < 1.29 is 0 Å². The first-order chi connectivity index (χ1) is 6.27. The molecule has 1 rings (SSSR count). The van der Waals surface area contributed by atoms with E-state index in [0.29, 0.717) is 0 Å². The summed E-state index contributed by atoms with van der Waals surface area (Å²) < 4.78 is 1.23. The van der Waals surface area contributed by atoms with Crippen LogP contribution in [0.4, 0.5) is 0 Å². The van der Waals surface area contributed by atoms with Gasteiger partial charge in [-0.25, -0.2) is 0 Å². The van der Waals surface area contributed by atoms with Gasteiger partial charge in [0.15, 0.2) is 0 Å². The van der Waals surface area contributed by atoms with Crippen molar-refractivity contribution in [3.05, 3.63) is 33.4 Å². The van der Waals surface area contributed by atoms with Crippen molar-refractivity contribution in [2.75, 3.05) is 6.54 Å². The van der Waals surface area contributed by atoms with Gasteiger partial charge in [-0.05, 0) is 46.8 Å². The summed E-state index contributed by atoms with van der Waals surface area (Å²) in [4.78, 5) is 0. The Kier molecular flexibility index (Phi) is 4.26. The summed E-state index contributed by atoms with van der Waals surface area (Å²) in [6.07, 6.45) is 5.41. The lowest BCUT2D eigenvalue weighted by Crippen LogP contribution is -2.18. The number of halogens is 1. The largest absolute Gasteiger partial charge is 0.300 e. The smallest absolute Gasteiger partial charge is 0.0943 e. The number of hydrogen-bond donors (Lipinski definition) is 1. The second-order valence-corrected chi connectivity index (χ2v) is 3.95. The van der Waals surface area contributed by atoms with Crippen LogP contribution in [0, 0.1) is 15.9 Å². The van der Waals surface area contributed by atoms with Crippen LogP contribution in [0.5, 0.6) is 0 Å². The Morgan fingerprint density at radius 1 is 1.46 bits per heavy atom. The third kappa shape index (κ3) is 3.02. The monoisotopic (exact) mass is 285 g/mol. The molecule has 0 radical (unpaired) electrons. The lowest BCUT2D eigenvalue weighted by molar-refractivity contribution is 0.665. The summed E-state index contributed by atoms with van der Waals surface area (Å²) in [6, 6.07) is 8.31. The Labute approximate surface area is 93.1 Å². The molecule has 1 aromatic carbocycles. The first-order valence-electron chi connectivity index (χ1n) is 4.23. The van der Waals surface area contributed by atoms with E-state index >= 15 is 0 Å². The van der Waals surface area contributed by atoms with Gasteiger partial charge in [0.1, 0.15) is 0 Å². The van der Waals surface area contributed by atoms with E-state index < -0.39 is 0 Å². The van der Waals surface area contributed by atoms with Crippen molar-refractivity contribution in [2.45, 2.75) is 13.0 Å². The molecule has 0 amide bonds. The van der Waals surface area contributed by atoms with Crippen LogP contribution in [-0.4, -0.2) is 6.54 Å². The molecule has 0 saturated carbocycles. The molecular formula is C11H12IN. The van der Waals surface area contributed by atoms with E-state index in [9.17, 15) is 0 Å². The minimum Gasteiger partial charge on any atom is -0.300 e. The van der Waals surface area contributed by atoms with Crippen LogP contribution in [0.2, 0.25) is 0 Å². The summed E-state index contributed by atoms with van der Waals surface area (Å²) in [6.45, 7) is 2.94. The van der Waals surface area contributed by atoms with Crippen LogP contribution < -0.4 is 5.32 Å². The highest BCUT2D eigenvalue weighted by atomic mass is 127. The molecule has 0 heterocycles. The Morgan fingerprint density at radius 3 is 2.54 bits per heavy atom. The average Bonchev–Trinajstić information content (AvgIpc) is 2.16. The molecule has 1 aromatic rings. The van der Waals surface area contributed by atoms with Gasteiger partial charge in [0.2, 0.25) is 0 Å². The quantitative estimate of drug-likeness (QED) is 0.665. The molecule has 1 nitrogen and oxygen atoms in total. The molecular weight excluding hydrogens is 273 g/mol. The Bertz CT molecular complexity index is 297. The molecule has 0 bridgehead atoms. The van der Waals surface area contributed by atoms with Crippen LogP contribution in [0.15, 0.2) is 24.3 Å². The molecule has 1 unspecified atom stereocenters. The van der Waals surface area contributed by atoms with E-state index in [4.69, 9.17) is 6.42 Å². The number of hydrogen-bond acceptors (Lipinski definition) is 1. The van der Waals surface area contributed by atoms with Gasteiger partial charge < -0.3 is 5.32 Å². The molecule has 0 aliphatic carbocycles. The van der Waals surface area contributed by atoms with Gasteiger partial charge in [-0.1, -0.05) is 25.0 Å². The first-order valence-corrected chi connectivity index (χ1v) is 5.30. The van der Waals surface area contributed by atoms with E-state index in [0.717, 1.165) is 12.1 Å². The highest BCUT2D eigenvalue weighted by Crippen LogP contribution is 2.13. The molecule has 2 heteroatoms. The summed E-state index contributed by atoms with van der Waals surface area (Å²) in [5, 5.41) is 3.23. The van der Waals surface area contributed by atoms with E-state index in [1.807, 2.05) is 0 Å². The SMILES string of the molecule is C#CC(NCC)c1ccc(I)cc1. The van der Waals surface area contributed by atoms with Crippen LogP contribution in [-0.2, 0) is 0 Å². The molecule has 0 saturated heterocycles. The highest BCUT2D eigenvalue weighted by molar-refractivity contribution is 14.1. The van der Waals surface area contributed by atoms with Gasteiger partial charge in [-0.15, -0.1) is 6.42 Å². The number of terminal acetylenes is 1. The van der Waals surface area contributed by atoms with Crippen molar-refractivity contribution in [1.82, 2.24) is 5.32 Å². The maximum atomic E-state index is 5.41. The van der Waals surface area contributed by atoms with Crippen molar-refractivity contribution in [3.8, 4) is 12.3 Å². The molecule has 1 atom stereocenters. The fourth-order valence-corrected chi connectivity index (χ4v) is 1.49. The van der Waals surface area contributed by atoms with Gasteiger partial charge in [0, 0.05) is 3.57 Å². The van der Waals surface area contributed by atoms with Gasteiger partial charge in [-0.2, -0.15) is 0 Å². The maximum Gasteiger partial charge on any atom is 0.0943 e. The number of rotatable bonds is 3. The number of nitrogens with one attached hydrogen (secondary N) is 1. The van der Waals surface area contributed by atoms with Crippen LogP contribution in [0.1, 0.15) is 18.5 Å². The highest BCUT2D eigenvalue weighted by Gasteiger charge is 2.04.